The van der Waals surface area contributed by atoms with Gasteiger partial charge in [0.1, 0.15) is 5.54 Å². The van der Waals surface area contributed by atoms with Crippen molar-refractivity contribution in [2.75, 3.05) is 19.6 Å². The van der Waals surface area contributed by atoms with E-state index in [4.69, 9.17) is 0 Å². The van der Waals surface area contributed by atoms with Crippen LogP contribution in [0.3, 0.4) is 0 Å². The van der Waals surface area contributed by atoms with Gasteiger partial charge in [-0.25, -0.2) is 4.79 Å². The van der Waals surface area contributed by atoms with E-state index >= 15 is 0 Å². The molecule has 0 N–H and O–H groups in total. The third-order valence-corrected chi connectivity index (χ3v) is 6.55. The van der Waals surface area contributed by atoms with Crippen LogP contribution in [0.15, 0.2) is 0 Å². The number of hydrogen-bond acceptors (Lipinski definition) is 3. The zero-order chi connectivity index (χ0) is 16.9. The van der Waals surface area contributed by atoms with Gasteiger partial charge in [-0.15, -0.1) is 0 Å². The second kappa shape index (κ2) is 5.74. The largest absolute Gasteiger partial charge is 0.340 e. The van der Waals surface area contributed by atoms with Gasteiger partial charge in [0.25, 0.3) is 5.91 Å². The maximum absolute atomic E-state index is 12.8. The molecule has 132 valence electrons. The highest BCUT2D eigenvalue weighted by molar-refractivity contribution is 6.07. The van der Waals surface area contributed by atoms with Crippen molar-refractivity contribution in [1.29, 1.82) is 0 Å². The summed E-state index contributed by atoms with van der Waals surface area (Å²) in [6.45, 7) is 3.76. The molecule has 3 saturated heterocycles. The van der Waals surface area contributed by atoms with Crippen molar-refractivity contribution in [3.63, 3.8) is 0 Å². The second-order valence-electron chi connectivity index (χ2n) is 8.05. The first-order valence-electron chi connectivity index (χ1n) is 9.46. The average molecular weight is 333 g/mol. The zero-order valence-electron chi connectivity index (χ0n) is 14.5. The fourth-order valence-electron chi connectivity index (χ4n) is 5.05. The predicted molar refractivity (Wildman–Crippen MR) is 88.1 cm³/mol. The number of hydrogen-bond donors (Lipinski definition) is 0. The van der Waals surface area contributed by atoms with Crippen LogP contribution in [0.2, 0.25) is 0 Å². The first kappa shape index (κ1) is 15.9. The van der Waals surface area contributed by atoms with Gasteiger partial charge in [-0.3, -0.25) is 14.5 Å². The Labute approximate surface area is 143 Å². The Bertz CT molecular complexity index is 572. The normalized spacial score (nSPS) is 34.4. The van der Waals surface area contributed by atoms with E-state index in [1.807, 2.05) is 11.8 Å². The number of rotatable bonds is 2. The van der Waals surface area contributed by atoms with Crippen LogP contribution in [-0.2, 0) is 9.59 Å². The maximum atomic E-state index is 12.8. The molecular weight excluding hydrogens is 306 g/mol. The summed E-state index contributed by atoms with van der Waals surface area (Å²) >= 11 is 0. The summed E-state index contributed by atoms with van der Waals surface area (Å²) in [7, 11) is 0. The van der Waals surface area contributed by atoms with E-state index in [-0.39, 0.29) is 29.8 Å². The topological polar surface area (TPSA) is 60.9 Å². The number of urea groups is 1. The molecule has 0 spiro atoms. The molecule has 0 aromatic rings. The van der Waals surface area contributed by atoms with Gasteiger partial charge < -0.3 is 9.80 Å². The number of amides is 4. The Balaban J connectivity index is 1.44. The van der Waals surface area contributed by atoms with Crippen molar-refractivity contribution in [3.05, 3.63) is 0 Å². The summed E-state index contributed by atoms with van der Waals surface area (Å²) < 4.78 is 0. The minimum atomic E-state index is -0.641. The molecule has 1 saturated carbocycles. The Morgan fingerprint density at radius 1 is 1.04 bits per heavy atom. The Hall–Kier alpha value is -1.59. The van der Waals surface area contributed by atoms with Gasteiger partial charge in [-0.05, 0) is 39.0 Å². The minimum absolute atomic E-state index is 0.0537. The Morgan fingerprint density at radius 3 is 2.50 bits per heavy atom. The van der Waals surface area contributed by atoms with Gasteiger partial charge in [0.15, 0.2) is 0 Å². The lowest BCUT2D eigenvalue weighted by Crippen LogP contribution is -2.46. The molecule has 1 unspecified atom stereocenters. The summed E-state index contributed by atoms with van der Waals surface area (Å²) in [6, 6.07) is -0.281. The molecule has 0 radical (unpaired) electrons. The summed E-state index contributed by atoms with van der Waals surface area (Å²) in [5, 5.41) is 0. The second-order valence-corrected chi connectivity index (χ2v) is 8.05. The Morgan fingerprint density at radius 2 is 1.79 bits per heavy atom. The van der Waals surface area contributed by atoms with E-state index < -0.39 is 5.54 Å². The van der Waals surface area contributed by atoms with Crippen LogP contribution < -0.4 is 0 Å². The van der Waals surface area contributed by atoms with E-state index in [2.05, 4.69) is 0 Å². The number of likely N-dealkylation sites (tertiary alicyclic amines) is 1. The summed E-state index contributed by atoms with van der Waals surface area (Å²) in [6.07, 6.45) is 7.89. The lowest BCUT2D eigenvalue weighted by Gasteiger charge is -2.27. The lowest BCUT2D eigenvalue weighted by molar-refractivity contribution is -0.137. The number of imide groups is 1. The van der Waals surface area contributed by atoms with Crippen molar-refractivity contribution in [3.8, 4) is 0 Å². The first-order valence-corrected chi connectivity index (χ1v) is 9.46. The van der Waals surface area contributed by atoms with E-state index in [1.54, 1.807) is 4.90 Å². The third kappa shape index (κ3) is 2.25. The van der Waals surface area contributed by atoms with Gasteiger partial charge in [0.2, 0.25) is 5.91 Å². The maximum Gasteiger partial charge on any atom is 0.327 e. The first-order chi connectivity index (χ1) is 11.5. The molecule has 4 aliphatic rings. The highest BCUT2D eigenvalue weighted by atomic mass is 16.2. The summed E-state index contributed by atoms with van der Waals surface area (Å²) in [4.78, 5) is 43.3. The highest BCUT2D eigenvalue weighted by Gasteiger charge is 2.58. The lowest BCUT2D eigenvalue weighted by atomic mass is 9.88. The molecule has 0 bridgehead atoms. The van der Waals surface area contributed by atoms with Gasteiger partial charge in [0, 0.05) is 25.6 Å². The smallest absolute Gasteiger partial charge is 0.327 e. The van der Waals surface area contributed by atoms with Crippen molar-refractivity contribution in [1.82, 2.24) is 14.7 Å². The van der Waals surface area contributed by atoms with Crippen LogP contribution in [0.25, 0.3) is 0 Å². The molecule has 2 atom stereocenters. The number of nitrogens with zero attached hydrogens (tertiary/aromatic N) is 3. The van der Waals surface area contributed by atoms with Gasteiger partial charge in [-0.2, -0.15) is 0 Å². The van der Waals surface area contributed by atoms with Crippen LogP contribution in [-0.4, -0.2) is 63.8 Å². The molecule has 6 heteroatoms. The van der Waals surface area contributed by atoms with E-state index in [9.17, 15) is 14.4 Å². The van der Waals surface area contributed by atoms with E-state index in [1.165, 1.54) is 11.3 Å². The number of carbonyl (C=O) groups is 3. The monoisotopic (exact) mass is 333 g/mol. The van der Waals surface area contributed by atoms with Crippen molar-refractivity contribution in [2.45, 2.75) is 69.9 Å². The molecule has 3 aliphatic heterocycles. The highest BCUT2D eigenvalue weighted by Crippen LogP contribution is 2.39. The Kier molecular flexibility index (Phi) is 3.81. The van der Waals surface area contributed by atoms with Crippen molar-refractivity contribution >= 4 is 17.8 Å². The zero-order valence-corrected chi connectivity index (χ0v) is 14.5. The van der Waals surface area contributed by atoms with Gasteiger partial charge in [0.05, 0.1) is 6.04 Å². The predicted octanol–water partition coefficient (Wildman–Crippen LogP) is 1.98. The van der Waals surface area contributed by atoms with E-state index in [0.29, 0.717) is 19.6 Å². The summed E-state index contributed by atoms with van der Waals surface area (Å²) in [5.74, 6) is 0.341. The quantitative estimate of drug-likeness (QED) is 0.726. The van der Waals surface area contributed by atoms with Crippen LogP contribution in [0.4, 0.5) is 4.79 Å². The van der Waals surface area contributed by atoms with Crippen LogP contribution in [0, 0.1) is 5.92 Å². The average Bonchev–Trinajstić information content (AvgIpc) is 3.26. The molecule has 0 aromatic heterocycles. The van der Waals surface area contributed by atoms with Gasteiger partial charge in [-0.1, -0.05) is 19.3 Å². The SMILES string of the molecule is C[C@@]12CCCN1C(=O)N(C1CCN(C(=O)C3CCCCC3)C1)C2=O. The molecule has 3 heterocycles. The molecule has 4 amide bonds. The molecular formula is C18H27N3O3. The van der Waals surface area contributed by atoms with Gasteiger partial charge >= 0.3 is 6.03 Å². The minimum Gasteiger partial charge on any atom is -0.340 e. The summed E-state index contributed by atoms with van der Waals surface area (Å²) in [5.41, 5.74) is -0.641. The van der Waals surface area contributed by atoms with Crippen LogP contribution >= 0.6 is 0 Å². The fourth-order valence-corrected chi connectivity index (χ4v) is 5.05. The number of fused-ring (bicyclic) bond motifs is 1. The molecule has 24 heavy (non-hydrogen) atoms. The van der Waals surface area contributed by atoms with Crippen LogP contribution in [0.5, 0.6) is 0 Å². The van der Waals surface area contributed by atoms with Crippen LogP contribution in [0.1, 0.15) is 58.3 Å². The molecule has 4 rings (SSSR count). The standard InChI is InChI=1S/C18H27N3O3/c1-18-9-5-10-20(18)17(24)21(16(18)23)14-8-11-19(12-14)15(22)13-6-3-2-4-7-13/h13-14H,2-12H2,1H3/t14?,18-/m0/s1. The molecule has 4 fully saturated rings. The molecule has 1 aliphatic carbocycles. The van der Waals surface area contributed by atoms with Crippen molar-refractivity contribution in [2.24, 2.45) is 5.92 Å². The fraction of sp³-hybridized carbons (Fsp3) is 0.833. The number of carbonyl (C=O) groups excluding carboxylic acids is 3. The van der Waals surface area contributed by atoms with E-state index in [0.717, 1.165) is 44.9 Å². The van der Waals surface area contributed by atoms with Crippen molar-refractivity contribution < 1.29 is 14.4 Å². The molecule has 0 aromatic carbocycles. The third-order valence-electron chi connectivity index (χ3n) is 6.55. The molecule has 6 nitrogen and oxygen atoms in total.